The van der Waals surface area contributed by atoms with Crippen molar-refractivity contribution in [3.63, 3.8) is 0 Å². The molecule has 2 aromatic carbocycles. The van der Waals surface area contributed by atoms with Crippen LogP contribution in [0.2, 0.25) is 0 Å². The van der Waals surface area contributed by atoms with Crippen molar-refractivity contribution in [2.24, 2.45) is 11.7 Å². The van der Waals surface area contributed by atoms with E-state index in [0.717, 1.165) is 34.1 Å². The van der Waals surface area contributed by atoms with Crippen LogP contribution in [0.15, 0.2) is 48.5 Å². The molecule has 3 aromatic rings. The number of carbonyl (C=O) groups is 2. The highest BCUT2D eigenvalue weighted by Gasteiger charge is 2.30. The van der Waals surface area contributed by atoms with Crippen LogP contribution in [-0.4, -0.2) is 16.4 Å². The molecule has 0 saturated carbocycles. The molecule has 0 saturated heterocycles. The minimum absolute atomic E-state index is 0.00437. The van der Waals surface area contributed by atoms with Crippen molar-refractivity contribution in [3.8, 4) is 0 Å². The lowest BCUT2D eigenvalue weighted by atomic mass is 9.86. The molecule has 1 heterocycles. The van der Waals surface area contributed by atoms with Gasteiger partial charge in [-0.25, -0.2) is 0 Å². The Morgan fingerprint density at radius 1 is 1.12 bits per heavy atom. The summed E-state index contributed by atoms with van der Waals surface area (Å²) in [5, 5.41) is 1.08. The van der Waals surface area contributed by atoms with Crippen molar-refractivity contribution < 1.29 is 9.59 Å². The molecule has 0 radical (unpaired) electrons. The smallest absolute Gasteiger partial charge is 0.262 e. The second-order valence-corrected chi connectivity index (χ2v) is 6.94. The van der Waals surface area contributed by atoms with E-state index in [2.05, 4.69) is 19.1 Å². The monoisotopic (exact) mass is 346 g/mol. The maximum absolute atomic E-state index is 13.3. The zero-order valence-corrected chi connectivity index (χ0v) is 14.9. The van der Waals surface area contributed by atoms with Gasteiger partial charge in [0, 0.05) is 22.6 Å². The van der Waals surface area contributed by atoms with Crippen LogP contribution >= 0.6 is 0 Å². The Bertz CT molecular complexity index is 1000. The van der Waals surface area contributed by atoms with Crippen molar-refractivity contribution in [2.75, 3.05) is 0 Å². The first-order chi connectivity index (χ1) is 12.6. The summed E-state index contributed by atoms with van der Waals surface area (Å²) < 4.78 is 1.88. The molecule has 4 rings (SSSR count). The second-order valence-electron chi connectivity index (χ2n) is 6.94. The van der Waals surface area contributed by atoms with Gasteiger partial charge in [0.1, 0.15) is 0 Å². The Morgan fingerprint density at radius 2 is 1.88 bits per heavy atom. The Labute approximate surface area is 152 Å². The van der Waals surface area contributed by atoms with E-state index in [1.165, 1.54) is 0 Å². The van der Waals surface area contributed by atoms with E-state index >= 15 is 0 Å². The molecule has 4 heteroatoms. The highest BCUT2D eigenvalue weighted by molar-refractivity contribution is 6.05. The number of primary amides is 1. The van der Waals surface area contributed by atoms with E-state index in [1.807, 2.05) is 41.0 Å². The lowest BCUT2D eigenvalue weighted by Crippen LogP contribution is -2.29. The van der Waals surface area contributed by atoms with Crippen LogP contribution < -0.4 is 5.73 Å². The summed E-state index contributed by atoms with van der Waals surface area (Å²) in [7, 11) is 0. The predicted octanol–water partition coefficient (Wildman–Crippen LogP) is 3.48. The Hall–Kier alpha value is -2.88. The summed E-state index contributed by atoms with van der Waals surface area (Å²) in [5.74, 6) is -0.411. The number of fused-ring (bicyclic) bond motifs is 3. The lowest BCUT2D eigenvalue weighted by Gasteiger charge is -2.21. The van der Waals surface area contributed by atoms with Crippen LogP contribution in [0.1, 0.15) is 40.5 Å². The van der Waals surface area contributed by atoms with Gasteiger partial charge in [-0.1, -0.05) is 43.3 Å². The van der Waals surface area contributed by atoms with Crippen LogP contribution in [-0.2, 0) is 24.1 Å². The number of hydrogen-bond donors (Lipinski definition) is 1. The summed E-state index contributed by atoms with van der Waals surface area (Å²) in [5.41, 5.74) is 10.5. The number of carbonyl (C=O) groups excluding carboxylic acids is 2. The molecule has 1 unspecified atom stereocenters. The van der Waals surface area contributed by atoms with Crippen molar-refractivity contribution in [3.05, 3.63) is 70.9 Å². The van der Waals surface area contributed by atoms with Crippen LogP contribution in [0.25, 0.3) is 10.9 Å². The number of rotatable bonds is 3. The molecule has 0 aliphatic heterocycles. The number of benzene rings is 2. The fourth-order valence-electron chi connectivity index (χ4n) is 4.14. The van der Waals surface area contributed by atoms with Crippen molar-refractivity contribution >= 4 is 22.7 Å². The highest BCUT2D eigenvalue weighted by Crippen LogP contribution is 2.36. The standard InChI is InChI=1S/C22H22N2O2/c1-2-14-9-6-10-17-18-13-16(21(23)25)11-12-19(18)24(20(14)17)22(26)15-7-4-3-5-8-15/h3-10,16H,2,11-13H2,1H3,(H2,23,25). The van der Waals surface area contributed by atoms with Crippen molar-refractivity contribution in [1.29, 1.82) is 0 Å². The molecular weight excluding hydrogens is 324 g/mol. The molecule has 4 nitrogen and oxygen atoms in total. The molecule has 1 amide bonds. The molecule has 2 N–H and O–H groups in total. The first-order valence-electron chi connectivity index (χ1n) is 9.15. The first kappa shape index (κ1) is 16.6. The van der Waals surface area contributed by atoms with E-state index in [4.69, 9.17) is 5.73 Å². The van der Waals surface area contributed by atoms with Crippen molar-refractivity contribution in [1.82, 2.24) is 4.57 Å². The molecule has 0 fully saturated rings. The number of nitrogens with zero attached hydrogens (tertiary/aromatic N) is 1. The van der Waals surface area contributed by atoms with Gasteiger partial charge in [-0.2, -0.15) is 0 Å². The number of aromatic nitrogens is 1. The molecule has 132 valence electrons. The normalized spacial score (nSPS) is 16.4. The minimum Gasteiger partial charge on any atom is -0.369 e. The molecule has 1 aliphatic rings. The lowest BCUT2D eigenvalue weighted by molar-refractivity contribution is -0.122. The molecule has 1 aliphatic carbocycles. The van der Waals surface area contributed by atoms with Gasteiger partial charge in [-0.05, 0) is 48.9 Å². The van der Waals surface area contributed by atoms with Gasteiger partial charge in [0.05, 0.1) is 5.52 Å². The summed E-state index contributed by atoms with van der Waals surface area (Å²) in [6, 6.07) is 15.6. The van der Waals surface area contributed by atoms with Crippen molar-refractivity contribution in [2.45, 2.75) is 32.6 Å². The van der Waals surface area contributed by atoms with Crippen LogP contribution in [0.4, 0.5) is 0 Å². The van der Waals surface area contributed by atoms with Gasteiger partial charge < -0.3 is 5.73 Å². The average molecular weight is 346 g/mol. The van der Waals surface area contributed by atoms with E-state index in [0.29, 0.717) is 24.8 Å². The second kappa shape index (κ2) is 6.45. The summed E-state index contributed by atoms with van der Waals surface area (Å²) in [4.78, 5) is 25.1. The maximum Gasteiger partial charge on any atom is 0.262 e. The number of para-hydroxylation sites is 1. The van der Waals surface area contributed by atoms with Gasteiger partial charge in [0.25, 0.3) is 5.91 Å². The highest BCUT2D eigenvalue weighted by atomic mass is 16.2. The summed E-state index contributed by atoms with van der Waals surface area (Å²) >= 11 is 0. The molecule has 26 heavy (non-hydrogen) atoms. The average Bonchev–Trinajstić information content (AvgIpc) is 3.01. The minimum atomic E-state index is -0.252. The quantitative estimate of drug-likeness (QED) is 0.789. The molecule has 0 spiro atoms. The zero-order valence-electron chi connectivity index (χ0n) is 14.9. The molecule has 0 bridgehead atoms. The number of nitrogens with two attached hydrogens (primary N) is 1. The largest absolute Gasteiger partial charge is 0.369 e. The molecule has 1 aromatic heterocycles. The van der Waals surface area contributed by atoms with Crippen LogP contribution in [0, 0.1) is 5.92 Å². The summed E-state index contributed by atoms with van der Waals surface area (Å²) in [6.07, 6.45) is 2.85. The first-order valence-corrected chi connectivity index (χ1v) is 9.15. The van der Waals surface area contributed by atoms with Crippen LogP contribution in [0.5, 0.6) is 0 Å². The van der Waals surface area contributed by atoms with Gasteiger partial charge in [0.15, 0.2) is 0 Å². The third kappa shape index (κ3) is 2.53. The molecule has 1 atom stereocenters. The predicted molar refractivity (Wildman–Crippen MR) is 102 cm³/mol. The summed E-state index contributed by atoms with van der Waals surface area (Å²) in [6.45, 7) is 2.10. The topological polar surface area (TPSA) is 65.1 Å². The maximum atomic E-state index is 13.3. The Balaban J connectivity index is 1.98. The van der Waals surface area contributed by atoms with Gasteiger partial charge in [0.2, 0.25) is 5.91 Å². The van der Waals surface area contributed by atoms with Gasteiger partial charge in [-0.15, -0.1) is 0 Å². The third-order valence-electron chi connectivity index (χ3n) is 5.47. The Kier molecular flexibility index (Phi) is 4.11. The fraction of sp³-hybridized carbons (Fsp3) is 0.273. The SMILES string of the molecule is CCc1cccc2c3c(n(C(=O)c4ccccc4)c12)CCC(C(N)=O)C3. The fourth-order valence-corrected chi connectivity index (χ4v) is 4.14. The zero-order chi connectivity index (χ0) is 18.3. The number of amides is 1. The van der Waals surface area contributed by atoms with E-state index < -0.39 is 0 Å². The molecular formula is C22H22N2O2. The van der Waals surface area contributed by atoms with Gasteiger partial charge in [-0.3, -0.25) is 14.2 Å². The van der Waals surface area contributed by atoms with E-state index in [-0.39, 0.29) is 17.7 Å². The Morgan fingerprint density at radius 3 is 2.58 bits per heavy atom. The van der Waals surface area contributed by atoms with Crippen LogP contribution in [0.3, 0.4) is 0 Å². The number of aryl methyl sites for hydroxylation is 1. The van der Waals surface area contributed by atoms with Gasteiger partial charge >= 0.3 is 0 Å². The van der Waals surface area contributed by atoms with E-state index in [1.54, 1.807) is 0 Å². The number of hydrogen-bond acceptors (Lipinski definition) is 2. The van der Waals surface area contributed by atoms with E-state index in [9.17, 15) is 9.59 Å². The third-order valence-corrected chi connectivity index (χ3v) is 5.47.